The molecular weight excluding hydrogens is 440 g/mol. The largest absolute Gasteiger partial charge is 0.493 e. The van der Waals surface area contributed by atoms with Crippen molar-refractivity contribution in [3.63, 3.8) is 0 Å². The fourth-order valence-corrected chi connectivity index (χ4v) is 4.46. The number of fused-ring (bicyclic) bond motifs is 1. The van der Waals surface area contributed by atoms with E-state index in [0.29, 0.717) is 39.5 Å². The van der Waals surface area contributed by atoms with Gasteiger partial charge in [-0.1, -0.05) is 0 Å². The molecule has 0 fully saturated rings. The predicted molar refractivity (Wildman–Crippen MR) is 130 cm³/mol. The summed E-state index contributed by atoms with van der Waals surface area (Å²) in [6.07, 6.45) is 1.69. The molecule has 0 atom stereocenters. The number of carbonyl (C=O) groups is 1. The first-order valence-electron chi connectivity index (χ1n) is 10.4. The van der Waals surface area contributed by atoms with Crippen molar-refractivity contribution in [3.05, 3.63) is 47.0 Å². The van der Waals surface area contributed by atoms with Gasteiger partial charge in [-0.3, -0.25) is 4.79 Å². The minimum Gasteiger partial charge on any atom is -0.493 e. The zero-order valence-electron chi connectivity index (χ0n) is 19.4. The minimum absolute atomic E-state index is 0.0985. The molecule has 0 bridgehead atoms. The number of rotatable bonds is 7. The summed E-state index contributed by atoms with van der Waals surface area (Å²) >= 11 is 1.63. The smallest absolute Gasteiger partial charge is 0.256 e. The molecule has 172 valence electrons. The summed E-state index contributed by atoms with van der Waals surface area (Å²) in [5.41, 5.74) is 2.41. The van der Waals surface area contributed by atoms with E-state index in [2.05, 4.69) is 10.4 Å². The molecule has 0 unspecified atom stereocenters. The predicted octanol–water partition coefficient (Wildman–Crippen LogP) is 5.33. The first-order valence-corrected chi connectivity index (χ1v) is 11.2. The molecule has 0 aliphatic heterocycles. The van der Waals surface area contributed by atoms with E-state index in [1.807, 2.05) is 43.7 Å². The first kappa shape index (κ1) is 22.6. The second-order valence-corrected chi connectivity index (χ2v) is 9.04. The molecule has 1 N–H and O–H groups in total. The van der Waals surface area contributed by atoms with Crippen LogP contribution in [0.3, 0.4) is 0 Å². The first-order chi connectivity index (χ1) is 15.9. The molecule has 8 nitrogen and oxygen atoms in total. The number of hydrogen-bond acceptors (Lipinski definition) is 7. The Kier molecular flexibility index (Phi) is 6.24. The Morgan fingerprint density at radius 1 is 1.06 bits per heavy atom. The van der Waals surface area contributed by atoms with Crippen LogP contribution in [0.2, 0.25) is 0 Å². The Hall–Kier alpha value is -3.59. The number of carbonyl (C=O) groups excluding carboxylic acids is 1. The SMILES string of the molecule is COc1cc(NC(=O)c2cc(-c3ccc(C)s3)nc3c2cnn3C(C)C)cc(OC)c1OC. The Morgan fingerprint density at radius 3 is 2.30 bits per heavy atom. The van der Waals surface area contributed by atoms with E-state index in [-0.39, 0.29) is 11.9 Å². The number of hydrogen-bond donors (Lipinski definition) is 1. The van der Waals surface area contributed by atoms with Crippen LogP contribution in [0.15, 0.2) is 36.5 Å². The molecule has 4 aromatic rings. The summed E-state index contributed by atoms with van der Waals surface area (Å²) in [6.45, 7) is 6.11. The van der Waals surface area contributed by atoms with Gasteiger partial charge in [0, 0.05) is 28.7 Å². The highest BCUT2D eigenvalue weighted by Gasteiger charge is 2.21. The van der Waals surface area contributed by atoms with Gasteiger partial charge in [-0.15, -0.1) is 11.3 Å². The van der Waals surface area contributed by atoms with Crippen molar-refractivity contribution in [2.75, 3.05) is 26.6 Å². The van der Waals surface area contributed by atoms with Gasteiger partial charge in [-0.25, -0.2) is 9.67 Å². The average Bonchev–Trinajstić information content (AvgIpc) is 3.43. The van der Waals surface area contributed by atoms with Crippen LogP contribution >= 0.6 is 11.3 Å². The van der Waals surface area contributed by atoms with Crippen LogP contribution in [0.1, 0.15) is 35.1 Å². The number of amides is 1. The van der Waals surface area contributed by atoms with Crippen LogP contribution in [0, 0.1) is 6.92 Å². The number of methoxy groups -OCH3 is 3. The van der Waals surface area contributed by atoms with Gasteiger partial charge in [-0.2, -0.15) is 5.10 Å². The van der Waals surface area contributed by atoms with Crippen molar-refractivity contribution < 1.29 is 19.0 Å². The van der Waals surface area contributed by atoms with E-state index in [1.165, 1.54) is 26.2 Å². The van der Waals surface area contributed by atoms with Crippen LogP contribution < -0.4 is 19.5 Å². The number of ether oxygens (including phenoxy) is 3. The van der Waals surface area contributed by atoms with Crippen molar-refractivity contribution in [3.8, 4) is 27.8 Å². The molecule has 0 saturated heterocycles. The molecule has 0 aliphatic rings. The number of nitrogens with zero attached hydrogens (tertiary/aromatic N) is 3. The lowest BCUT2D eigenvalue weighted by Gasteiger charge is -2.15. The highest BCUT2D eigenvalue weighted by atomic mass is 32.1. The van der Waals surface area contributed by atoms with E-state index in [1.54, 1.807) is 29.7 Å². The van der Waals surface area contributed by atoms with Crippen LogP contribution in [0.5, 0.6) is 17.2 Å². The number of pyridine rings is 1. The van der Waals surface area contributed by atoms with Crippen LogP contribution in [-0.4, -0.2) is 42.0 Å². The number of aromatic nitrogens is 3. The highest BCUT2D eigenvalue weighted by Crippen LogP contribution is 2.40. The van der Waals surface area contributed by atoms with Gasteiger partial charge < -0.3 is 19.5 Å². The van der Waals surface area contributed by atoms with Gasteiger partial charge in [0.2, 0.25) is 5.75 Å². The molecule has 0 spiro atoms. The van der Waals surface area contributed by atoms with Gasteiger partial charge >= 0.3 is 0 Å². The van der Waals surface area contributed by atoms with Crippen LogP contribution in [0.25, 0.3) is 21.6 Å². The van der Waals surface area contributed by atoms with E-state index >= 15 is 0 Å². The number of aryl methyl sites for hydroxylation is 1. The van der Waals surface area contributed by atoms with Gasteiger partial charge in [0.05, 0.1) is 49.0 Å². The molecule has 3 aromatic heterocycles. The van der Waals surface area contributed by atoms with Gasteiger partial charge in [-0.05, 0) is 39.0 Å². The number of nitrogens with one attached hydrogen (secondary N) is 1. The molecule has 3 heterocycles. The van der Waals surface area contributed by atoms with Crippen molar-refractivity contribution >= 4 is 34.0 Å². The molecule has 0 aliphatic carbocycles. The Balaban J connectivity index is 1.81. The quantitative estimate of drug-likeness (QED) is 0.396. The molecule has 0 radical (unpaired) electrons. The van der Waals surface area contributed by atoms with E-state index in [9.17, 15) is 4.79 Å². The molecule has 1 amide bonds. The topological polar surface area (TPSA) is 87.5 Å². The van der Waals surface area contributed by atoms with Gasteiger partial charge in [0.15, 0.2) is 17.1 Å². The maximum absolute atomic E-state index is 13.5. The Labute approximate surface area is 196 Å². The monoisotopic (exact) mass is 466 g/mol. The average molecular weight is 467 g/mol. The second-order valence-electron chi connectivity index (χ2n) is 7.75. The lowest BCUT2D eigenvalue weighted by atomic mass is 10.1. The molecular formula is C24H26N4O4S. The van der Waals surface area contributed by atoms with E-state index < -0.39 is 0 Å². The van der Waals surface area contributed by atoms with Crippen molar-refractivity contribution in [1.29, 1.82) is 0 Å². The van der Waals surface area contributed by atoms with E-state index in [0.717, 1.165) is 10.6 Å². The van der Waals surface area contributed by atoms with Gasteiger partial charge in [0.1, 0.15) is 0 Å². The standard InChI is InChI=1S/C24H26N4O4S/c1-13(2)28-23-17(12-25-28)16(11-18(27-23)21-8-7-14(3)33-21)24(29)26-15-9-19(30-4)22(32-6)20(10-15)31-5/h7-13H,1-6H3,(H,26,29). The van der Waals surface area contributed by atoms with Crippen molar-refractivity contribution in [2.24, 2.45) is 0 Å². The maximum atomic E-state index is 13.5. The molecule has 0 saturated carbocycles. The Bertz CT molecular complexity index is 1300. The zero-order valence-corrected chi connectivity index (χ0v) is 20.2. The summed E-state index contributed by atoms with van der Waals surface area (Å²) in [7, 11) is 4.60. The Morgan fingerprint density at radius 2 is 1.76 bits per heavy atom. The summed E-state index contributed by atoms with van der Waals surface area (Å²) in [4.78, 5) is 20.5. The van der Waals surface area contributed by atoms with Gasteiger partial charge in [0.25, 0.3) is 5.91 Å². The summed E-state index contributed by atoms with van der Waals surface area (Å²) in [5, 5.41) is 8.13. The molecule has 4 rings (SSSR count). The fraction of sp³-hybridized carbons (Fsp3) is 0.292. The summed E-state index contributed by atoms with van der Waals surface area (Å²) in [6, 6.07) is 9.36. The number of benzene rings is 1. The highest BCUT2D eigenvalue weighted by molar-refractivity contribution is 7.15. The lowest BCUT2D eigenvalue weighted by molar-refractivity contribution is 0.102. The van der Waals surface area contributed by atoms with Crippen LogP contribution in [0.4, 0.5) is 5.69 Å². The van der Waals surface area contributed by atoms with Crippen molar-refractivity contribution in [2.45, 2.75) is 26.8 Å². The normalized spacial score (nSPS) is 11.1. The van der Waals surface area contributed by atoms with Crippen LogP contribution in [-0.2, 0) is 0 Å². The third-order valence-corrected chi connectivity index (χ3v) is 6.24. The second kappa shape index (κ2) is 9.11. The summed E-state index contributed by atoms with van der Waals surface area (Å²) in [5.74, 6) is 1.08. The summed E-state index contributed by atoms with van der Waals surface area (Å²) < 4.78 is 18.0. The zero-order chi connectivity index (χ0) is 23.7. The molecule has 33 heavy (non-hydrogen) atoms. The number of anilines is 1. The van der Waals surface area contributed by atoms with E-state index in [4.69, 9.17) is 19.2 Å². The maximum Gasteiger partial charge on any atom is 0.256 e. The fourth-order valence-electron chi connectivity index (χ4n) is 3.63. The van der Waals surface area contributed by atoms with Crippen molar-refractivity contribution in [1.82, 2.24) is 14.8 Å². The third kappa shape index (κ3) is 4.23. The molecule has 1 aromatic carbocycles. The number of thiophene rings is 1. The lowest BCUT2D eigenvalue weighted by Crippen LogP contribution is -2.14. The third-order valence-electron chi connectivity index (χ3n) is 5.22. The minimum atomic E-state index is -0.283. The molecule has 9 heteroatoms.